The van der Waals surface area contributed by atoms with E-state index < -0.39 is 0 Å². The Morgan fingerprint density at radius 1 is 1.13 bits per heavy atom. The molecule has 1 saturated heterocycles. The van der Waals surface area contributed by atoms with Gasteiger partial charge in [0.1, 0.15) is 5.75 Å². The zero-order chi connectivity index (χ0) is 21.6. The summed E-state index contributed by atoms with van der Waals surface area (Å²) in [5.74, 6) is 1.64. The Bertz CT molecular complexity index is 1020. The molecule has 1 aliphatic heterocycles. The number of carbonyl (C=O) groups excluding carboxylic acids is 1. The molecule has 2 heterocycles. The Labute approximate surface area is 183 Å². The standard InChI is InChI=1S/C25H28N4O2/c1-18-8-10-20(11-9-18)23-12-13-24(28-27-23)29-14-4-6-21(17-29)25(30)26-16-19-5-3-7-22(15-19)31-2/h3,5,7-13,15,21H,4,6,14,16-17H2,1-2H3,(H,26,30)/t21-/m0/s1. The van der Waals surface area contributed by atoms with Crippen molar-refractivity contribution in [2.45, 2.75) is 26.3 Å². The van der Waals surface area contributed by atoms with E-state index in [0.29, 0.717) is 13.1 Å². The van der Waals surface area contributed by atoms with Crippen LogP contribution in [0.4, 0.5) is 5.82 Å². The Balaban J connectivity index is 1.36. The van der Waals surface area contributed by atoms with Gasteiger partial charge in [0.25, 0.3) is 0 Å². The fraction of sp³-hybridized carbons (Fsp3) is 0.320. The molecule has 6 heteroatoms. The van der Waals surface area contributed by atoms with Gasteiger partial charge in [-0.3, -0.25) is 4.79 Å². The number of benzene rings is 2. The molecule has 1 amide bonds. The first kappa shape index (κ1) is 20.8. The van der Waals surface area contributed by atoms with Crippen LogP contribution in [0.3, 0.4) is 0 Å². The van der Waals surface area contributed by atoms with Gasteiger partial charge in [-0.05, 0) is 49.6 Å². The van der Waals surface area contributed by atoms with E-state index in [2.05, 4.69) is 51.6 Å². The van der Waals surface area contributed by atoms with E-state index >= 15 is 0 Å². The summed E-state index contributed by atoms with van der Waals surface area (Å²) in [6.45, 7) is 4.11. The SMILES string of the molecule is COc1cccc(CNC(=O)[C@H]2CCCN(c3ccc(-c4ccc(C)cc4)nn3)C2)c1. The van der Waals surface area contributed by atoms with Crippen molar-refractivity contribution in [1.82, 2.24) is 15.5 Å². The van der Waals surface area contributed by atoms with Gasteiger partial charge in [-0.15, -0.1) is 10.2 Å². The van der Waals surface area contributed by atoms with E-state index in [9.17, 15) is 4.79 Å². The van der Waals surface area contributed by atoms with Crippen molar-refractivity contribution < 1.29 is 9.53 Å². The summed E-state index contributed by atoms with van der Waals surface area (Å²) in [6, 6.07) is 20.0. The topological polar surface area (TPSA) is 67.3 Å². The maximum atomic E-state index is 12.8. The highest BCUT2D eigenvalue weighted by Gasteiger charge is 2.26. The van der Waals surface area contributed by atoms with Crippen LogP contribution >= 0.6 is 0 Å². The van der Waals surface area contributed by atoms with Crippen molar-refractivity contribution in [1.29, 1.82) is 0 Å². The number of aromatic nitrogens is 2. The molecular weight excluding hydrogens is 388 g/mol. The van der Waals surface area contributed by atoms with Gasteiger partial charge in [0.2, 0.25) is 5.91 Å². The Morgan fingerprint density at radius 3 is 2.71 bits per heavy atom. The quantitative estimate of drug-likeness (QED) is 0.658. The molecule has 0 bridgehead atoms. The first-order valence-corrected chi connectivity index (χ1v) is 10.7. The molecule has 2 aromatic carbocycles. The molecule has 0 saturated carbocycles. The number of nitrogens with zero attached hydrogens (tertiary/aromatic N) is 3. The van der Waals surface area contributed by atoms with Gasteiger partial charge >= 0.3 is 0 Å². The third-order valence-corrected chi connectivity index (χ3v) is 5.71. The van der Waals surface area contributed by atoms with Gasteiger partial charge in [0.15, 0.2) is 5.82 Å². The Kier molecular flexibility index (Phi) is 6.46. The monoisotopic (exact) mass is 416 g/mol. The highest BCUT2D eigenvalue weighted by Crippen LogP contribution is 2.24. The average Bonchev–Trinajstić information content (AvgIpc) is 2.83. The first-order valence-electron chi connectivity index (χ1n) is 10.7. The minimum atomic E-state index is -0.0575. The van der Waals surface area contributed by atoms with E-state index in [-0.39, 0.29) is 11.8 Å². The minimum absolute atomic E-state index is 0.0575. The summed E-state index contributed by atoms with van der Waals surface area (Å²) in [7, 11) is 1.64. The van der Waals surface area contributed by atoms with Crippen LogP contribution in [0.15, 0.2) is 60.7 Å². The lowest BCUT2D eigenvalue weighted by Gasteiger charge is -2.32. The maximum absolute atomic E-state index is 12.8. The highest BCUT2D eigenvalue weighted by atomic mass is 16.5. The zero-order valence-electron chi connectivity index (χ0n) is 18.0. The molecule has 1 aromatic heterocycles. The summed E-state index contributed by atoms with van der Waals surface area (Å²) >= 11 is 0. The van der Waals surface area contributed by atoms with Gasteiger partial charge < -0.3 is 15.0 Å². The fourth-order valence-electron chi connectivity index (χ4n) is 3.89. The molecule has 31 heavy (non-hydrogen) atoms. The molecule has 1 fully saturated rings. The van der Waals surface area contributed by atoms with Gasteiger partial charge in [-0.25, -0.2) is 0 Å². The second kappa shape index (κ2) is 9.60. The molecule has 4 rings (SSSR count). The molecular formula is C25H28N4O2. The maximum Gasteiger partial charge on any atom is 0.225 e. The number of hydrogen-bond donors (Lipinski definition) is 1. The van der Waals surface area contributed by atoms with Crippen LogP contribution in [0.1, 0.15) is 24.0 Å². The number of rotatable bonds is 6. The number of hydrogen-bond acceptors (Lipinski definition) is 5. The van der Waals surface area contributed by atoms with Crippen molar-refractivity contribution in [2.24, 2.45) is 5.92 Å². The molecule has 0 radical (unpaired) electrons. The molecule has 6 nitrogen and oxygen atoms in total. The van der Waals surface area contributed by atoms with Gasteiger partial charge in [0.05, 0.1) is 18.7 Å². The predicted molar refractivity (Wildman–Crippen MR) is 122 cm³/mol. The van der Waals surface area contributed by atoms with Crippen LogP contribution in [0.5, 0.6) is 5.75 Å². The Morgan fingerprint density at radius 2 is 1.97 bits per heavy atom. The first-order chi connectivity index (χ1) is 15.1. The lowest BCUT2D eigenvalue weighted by molar-refractivity contribution is -0.125. The van der Waals surface area contributed by atoms with E-state index in [4.69, 9.17) is 4.74 Å². The third-order valence-electron chi connectivity index (χ3n) is 5.71. The van der Waals surface area contributed by atoms with Crippen LogP contribution in [-0.2, 0) is 11.3 Å². The number of aryl methyl sites for hydroxylation is 1. The van der Waals surface area contributed by atoms with Crippen molar-refractivity contribution in [3.8, 4) is 17.0 Å². The van der Waals surface area contributed by atoms with Crippen LogP contribution in [0.25, 0.3) is 11.3 Å². The number of methoxy groups -OCH3 is 1. The predicted octanol–water partition coefficient (Wildman–Crippen LogP) is 3.99. The number of nitrogens with one attached hydrogen (secondary N) is 1. The Hall–Kier alpha value is -3.41. The second-order valence-electron chi connectivity index (χ2n) is 8.00. The highest BCUT2D eigenvalue weighted by molar-refractivity contribution is 5.79. The number of amides is 1. The normalized spacial score (nSPS) is 16.1. The molecule has 160 valence electrons. The zero-order valence-corrected chi connectivity index (χ0v) is 18.0. The molecule has 3 aromatic rings. The van der Waals surface area contributed by atoms with Gasteiger partial charge in [-0.1, -0.05) is 42.0 Å². The molecule has 0 aliphatic carbocycles. The number of anilines is 1. The largest absolute Gasteiger partial charge is 0.497 e. The summed E-state index contributed by atoms with van der Waals surface area (Å²) < 4.78 is 5.25. The van der Waals surface area contributed by atoms with Crippen molar-refractivity contribution >= 4 is 11.7 Å². The van der Waals surface area contributed by atoms with E-state index in [1.54, 1.807) is 7.11 Å². The van der Waals surface area contributed by atoms with E-state index in [1.807, 2.05) is 36.4 Å². The molecule has 0 unspecified atom stereocenters. The summed E-state index contributed by atoms with van der Waals surface area (Å²) in [5, 5.41) is 11.9. The number of carbonyl (C=O) groups is 1. The van der Waals surface area contributed by atoms with Crippen LogP contribution in [-0.4, -0.2) is 36.3 Å². The van der Waals surface area contributed by atoms with E-state index in [0.717, 1.165) is 47.8 Å². The van der Waals surface area contributed by atoms with Crippen LogP contribution in [0.2, 0.25) is 0 Å². The lowest BCUT2D eigenvalue weighted by atomic mass is 9.97. The van der Waals surface area contributed by atoms with Crippen molar-refractivity contribution in [3.05, 3.63) is 71.8 Å². The molecule has 0 spiro atoms. The van der Waals surface area contributed by atoms with Crippen LogP contribution < -0.4 is 15.0 Å². The molecule has 1 atom stereocenters. The number of ether oxygens (including phenoxy) is 1. The van der Waals surface area contributed by atoms with Gasteiger partial charge in [-0.2, -0.15) is 0 Å². The lowest BCUT2D eigenvalue weighted by Crippen LogP contribution is -2.43. The average molecular weight is 417 g/mol. The number of piperidine rings is 1. The summed E-state index contributed by atoms with van der Waals surface area (Å²) in [6.07, 6.45) is 1.84. The summed E-state index contributed by atoms with van der Waals surface area (Å²) in [4.78, 5) is 14.9. The van der Waals surface area contributed by atoms with Crippen molar-refractivity contribution in [3.63, 3.8) is 0 Å². The van der Waals surface area contributed by atoms with Crippen molar-refractivity contribution in [2.75, 3.05) is 25.1 Å². The van der Waals surface area contributed by atoms with Gasteiger partial charge in [0, 0.05) is 25.2 Å². The fourth-order valence-corrected chi connectivity index (χ4v) is 3.89. The minimum Gasteiger partial charge on any atom is -0.497 e. The smallest absolute Gasteiger partial charge is 0.225 e. The molecule has 1 aliphatic rings. The second-order valence-corrected chi connectivity index (χ2v) is 8.00. The van der Waals surface area contributed by atoms with Crippen LogP contribution in [0, 0.1) is 12.8 Å². The molecule has 1 N–H and O–H groups in total. The summed E-state index contributed by atoms with van der Waals surface area (Å²) in [5.41, 5.74) is 4.15. The third kappa shape index (κ3) is 5.20. The van der Waals surface area contributed by atoms with E-state index in [1.165, 1.54) is 5.56 Å².